The molecule has 158 valence electrons. The van der Waals surface area contributed by atoms with Crippen molar-refractivity contribution in [2.24, 2.45) is 0 Å². The summed E-state index contributed by atoms with van der Waals surface area (Å²) in [6.45, 7) is 0.567. The monoisotopic (exact) mass is 454 g/mol. The number of benzene rings is 2. The van der Waals surface area contributed by atoms with Crippen LogP contribution in [0.5, 0.6) is 0 Å². The molecular weight excluding hydrogens is 435 g/mol. The van der Waals surface area contributed by atoms with Crippen LogP contribution in [0.25, 0.3) is 17.0 Å². The number of aryl methyl sites for hydroxylation is 1. The highest BCUT2D eigenvalue weighted by molar-refractivity contribution is 6.36. The molecule has 0 aliphatic heterocycles. The predicted molar refractivity (Wildman–Crippen MR) is 121 cm³/mol. The molecule has 0 radical (unpaired) electrons. The summed E-state index contributed by atoms with van der Waals surface area (Å²) in [6, 6.07) is 15.2. The quantitative estimate of drug-likeness (QED) is 0.400. The van der Waals surface area contributed by atoms with E-state index in [9.17, 15) is 4.79 Å². The van der Waals surface area contributed by atoms with Crippen LogP contribution in [0, 0.1) is 0 Å². The van der Waals surface area contributed by atoms with Crippen LogP contribution in [0.15, 0.2) is 71.5 Å². The van der Waals surface area contributed by atoms with E-state index in [0.717, 1.165) is 17.7 Å². The summed E-state index contributed by atoms with van der Waals surface area (Å²) in [4.78, 5) is 16.4. The normalized spacial score (nSPS) is 10.9. The number of oxazole rings is 1. The van der Waals surface area contributed by atoms with Crippen molar-refractivity contribution >= 4 is 29.1 Å². The highest BCUT2D eigenvalue weighted by Crippen LogP contribution is 2.30. The Morgan fingerprint density at radius 1 is 1.10 bits per heavy atom. The molecule has 0 saturated carbocycles. The Balaban J connectivity index is 1.22. The molecule has 6 nitrogen and oxygen atoms in total. The van der Waals surface area contributed by atoms with Gasteiger partial charge in [-0.25, -0.2) is 9.67 Å². The van der Waals surface area contributed by atoms with E-state index in [1.165, 1.54) is 0 Å². The maximum Gasteiger partial charge on any atom is 0.220 e. The summed E-state index contributed by atoms with van der Waals surface area (Å²) in [7, 11) is 0. The Morgan fingerprint density at radius 3 is 2.68 bits per heavy atom. The van der Waals surface area contributed by atoms with Crippen LogP contribution in [-0.4, -0.2) is 27.2 Å². The smallest absolute Gasteiger partial charge is 0.220 e. The minimum atomic E-state index is -0.0440. The van der Waals surface area contributed by atoms with Crippen molar-refractivity contribution in [3.63, 3.8) is 0 Å². The number of nitrogens with one attached hydrogen (secondary N) is 1. The molecule has 0 aliphatic rings. The summed E-state index contributed by atoms with van der Waals surface area (Å²) in [6.07, 6.45) is 6.71. The SMILES string of the molecule is O=C(CCc1ncc(-c2ccc(Cl)cc2Cl)o1)NCCc1ccc(-n2cccn2)cc1. The Labute approximate surface area is 189 Å². The van der Waals surface area contributed by atoms with E-state index in [1.54, 1.807) is 35.3 Å². The number of halogens is 2. The standard InChI is InChI=1S/C23H20Cl2N4O2/c24-17-4-7-19(20(25)14-17)21-15-27-23(31-21)9-8-22(30)26-12-10-16-2-5-18(6-3-16)29-13-1-11-28-29/h1-7,11,13-15H,8-10,12H2,(H,26,30). The van der Waals surface area contributed by atoms with Crippen LogP contribution < -0.4 is 5.32 Å². The highest BCUT2D eigenvalue weighted by Gasteiger charge is 2.12. The van der Waals surface area contributed by atoms with Crippen molar-refractivity contribution in [3.8, 4) is 17.0 Å². The molecule has 0 unspecified atom stereocenters. The zero-order valence-electron chi connectivity index (χ0n) is 16.6. The second-order valence-corrected chi connectivity index (χ2v) is 7.80. The number of aromatic nitrogens is 3. The van der Waals surface area contributed by atoms with E-state index in [-0.39, 0.29) is 5.91 Å². The number of rotatable bonds is 8. The van der Waals surface area contributed by atoms with Gasteiger partial charge < -0.3 is 9.73 Å². The van der Waals surface area contributed by atoms with E-state index < -0.39 is 0 Å². The Bertz CT molecular complexity index is 1150. The maximum atomic E-state index is 12.2. The van der Waals surface area contributed by atoms with Crippen LogP contribution >= 0.6 is 23.2 Å². The summed E-state index contributed by atoms with van der Waals surface area (Å²) in [5.74, 6) is 0.999. The van der Waals surface area contributed by atoms with Crippen molar-refractivity contribution in [3.05, 3.63) is 88.6 Å². The number of hydrogen-bond acceptors (Lipinski definition) is 4. The predicted octanol–water partition coefficient (Wildman–Crippen LogP) is 5.13. The van der Waals surface area contributed by atoms with Gasteiger partial charge in [-0.3, -0.25) is 4.79 Å². The third-order valence-corrected chi connectivity index (χ3v) is 5.31. The average Bonchev–Trinajstić information content (AvgIpc) is 3.45. The summed E-state index contributed by atoms with van der Waals surface area (Å²) in [5.41, 5.74) is 2.87. The third kappa shape index (κ3) is 5.54. The zero-order chi connectivity index (χ0) is 21.6. The Hall–Kier alpha value is -3.09. The molecule has 0 fully saturated rings. The van der Waals surface area contributed by atoms with E-state index >= 15 is 0 Å². The van der Waals surface area contributed by atoms with Crippen molar-refractivity contribution in [2.45, 2.75) is 19.3 Å². The van der Waals surface area contributed by atoms with Crippen molar-refractivity contribution < 1.29 is 9.21 Å². The van der Waals surface area contributed by atoms with E-state index in [4.69, 9.17) is 27.6 Å². The molecule has 0 spiro atoms. The molecule has 0 bridgehead atoms. The van der Waals surface area contributed by atoms with Gasteiger partial charge in [0, 0.05) is 42.4 Å². The molecule has 2 aromatic heterocycles. The van der Waals surface area contributed by atoms with Gasteiger partial charge >= 0.3 is 0 Å². The van der Waals surface area contributed by atoms with Gasteiger partial charge in [-0.1, -0.05) is 35.3 Å². The first-order valence-corrected chi connectivity index (χ1v) is 10.6. The van der Waals surface area contributed by atoms with E-state index in [1.807, 2.05) is 36.5 Å². The van der Waals surface area contributed by atoms with Crippen molar-refractivity contribution in [2.75, 3.05) is 6.54 Å². The lowest BCUT2D eigenvalue weighted by Gasteiger charge is -2.06. The molecule has 8 heteroatoms. The Kier molecular flexibility index (Phi) is 6.70. The lowest BCUT2D eigenvalue weighted by molar-refractivity contribution is -0.121. The van der Waals surface area contributed by atoms with Gasteiger partial charge in [-0.2, -0.15) is 5.10 Å². The topological polar surface area (TPSA) is 73.0 Å². The lowest BCUT2D eigenvalue weighted by Crippen LogP contribution is -2.25. The summed E-state index contributed by atoms with van der Waals surface area (Å²) in [5, 5.41) is 8.19. The first-order valence-electron chi connectivity index (χ1n) is 9.84. The molecule has 2 aromatic carbocycles. The molecule has 4 aromatic rings. The highest BCUT2D eigenvalue weighted by atomic mass is 35.5. The minimum Gasteiger partial charge on any atom is -0.441 e. The van der Waals surface area contributed by atoms with Crippen molar-refractivity contribution in [1.29, 1.82) is 0 Å². The molecule has 2 heterocycles. The van der Waals surface area contributed by atoms with Gasteiger partial charge in [-0.15, -0.1) is 0 Å². The first kappa shape index (κ1) is 21.2. The van der Waals surface area contributed by atoms with Crippen LogP contribution in [0.3, 0.4) is 0 Å². The van der Waals surface area contributed by atoms with Gasteiger partial charge in [-0.05, 0) is 48.4 Å². The first-order chi connectivity index (χ1) is 15.1. The van der Waals surface area contributed by atoms with Crippen LogP contribution in [0.4, 0.5) is 0 Å². The number of carbonyl (C=O) groups excluding carboxylic acids is 1. The minimum absolute atomic E-state index is 0.0440. The number of carbonyl (C=O) groups is 1. The summed E-state index contributed by atoms with van der Waals surface area (Å²) >= 11 is 12.1. The molecule has 4 rings (SSSR count). The number of amides is 1. The van der Waals surface area contributed by atoms with Gasteiger partial charge in [0.2, 0.25) is 5.91 Å². The van der Waals surface area contributed by atoms with Gasteiger partial charge in [0.05, 0.1) is 16.9 Å². The maximum absolute atomic E-state index is 12.2. The molecule has 1 amide bonds. The molecule has 0 saturated heterocycles. The molecular formula is C23H20Cl2N4O2. The summed E-state index contributed by atoms with van der Waals surface area (Å²) < 4.78 is 7.54. The Morgan fingerprint density at radius 2 is 1.94 bits per heavy atom. The van der Waals surface area contributed by atoms with Crippen LogP contribution in [0.1, 0.15) is 17.9 Å². The fourth-order valence-electron chi connectivity index (χ4n) is 3.13. The molecule has 0 atom stereocenters. The van der Waals surface area contributed by atoms with Gasteiger partial charge in [0.25, 0.3) is 0 Å². The second kappa shape index (κ2) is 9.81. The zero-order valence-corrected chi connectivity index (χ0v) is 18.1. The van der Waals surface area contributed by atoms with E-state index in [2.05, 4.69) is 15.4 Å². The van der Waals surface area contributed by atoms with Crippen LogP contribution in [-0.2, 0) is 17.6 Å². The average molecular weight is 455 g/mol. The fourth-order valence-corrected chi connectivity index (χ4v) is 3.63. The third-order valence-electron chi connectivity index (χ3n) is 4.76. The van der Waals surface area contributed by atoms with E-state index in [0.29, 0.717) is 46.6 Å². The largest absolute Gasteiger partial charge is 0.441 e. The fraction of sp³-hybridized carbons (Fsp3) is 0.174. The van der Waals surface area contributed by atoms with Crippen molar-refractivity contribution in [1.82, 2.24) is 20.1 Å². The number of hydrogen-bond donors (Lipinski definition) is 1. The molecule has 1 N–H and O–H groups in total. The molecule has 0 aliphatic carbocycles. The lowest BCUT2D eigenvalue weighted by atomic mass is 10.1. The molecule has 31 heavy (non-hydrogen) atoms. The second-order valence-electron chi connectivity index (χ2n) is 6.96. The van der Waals surface area contributed by atoms with Crippen LogP contribution in [0.2, 0.25) is 10.0 Å². The van der Waals surface area contributed by atoms with Gasteiger partial charge in [0.15, 0.2) is 11.7 Å². The van der Waals surface area contributed by atoms with Gasteiger partial charge in [0.1, 0.15) is 0 Å². The number of nitrogens with zero attached hydrogens (tertiary/aromatic N) is 3.